The fourth-order valence-electron chi connectivity index (χ4n) is 3.76. The van der Waals surface area contributed by atoms with E-state index in [2.05, 4.69) is 10.6 Å². The van der Waals surface area contributed by atoms with Gasteiger partial charge in [0.1, 0.15) is 5.76 Å². The number of furan rings is 1. The van der Waals surface area contributed by atoms with Crippen molar-refractivity contribution < 1.29 is 18.7 Å². The van der Waals surface area contributed by atoms with Gasteiger partial charge in [0.25, 0.3) is 5.91 Å². The normalized spacial score (nSPS) is 24.6. The summed E-state index contributed by atoms with van der Waals surface area (Å²) in [5, 5.41) is 5.69. The van der Waals surface area contributed by atoms with Crippen molar-refractivity contribution >= 4 is 11.8 Å². The Morgan fingerprint density at radius 3 is 2.78 bits per heavy atom. The molecule has 1 heterocycles. The van der Waals surface area contributed by atoms with Crippen LogP contribution in [0.5, 0.6) is 0 Å². The predicted molar refractivity (Wildman–Crippen MR) is 84.0 cm³/mol. The number of hydrogen-bond acceptors (Lipinski definition) is 4. The van der Waals surface area contributed by atoms with Gasteiger partial charge in [-0.15, -0.1) is 0 Å². The molecule has 1 spiro atoms. The molecule has 0 bridgehead atoms. The summed E-state index contributed by atoms with van der Waals surface area (Å²) in [6.45, 7) is 4.42. The maximum atomic E-state index is 12.1. The number of nitrogens with one attached hydrogen (secondary N) is 2. The van der Waals surface area contributed by atoms with Crippen LogP contribution in [-0.4, -0.2) is 37.1 Å². The van der Waals surface area contributed by atoms with Crippen LogP contribution in [0.4, 0.5) is 0 Å². The monoisotopic (exact) mass is 320 g/mol. The minimum Gasteiger partial charge on any atom is -0.469 e. The Morgan fingerprint density at radius 2 is 2.22 bits per heavy atom. The quantitative estimate of drug-likeness (QED) is 0.837. The van der Waals surface area contributed by atoms with Gasteiger partial charge < -0.3 is 19.8 Å². The zero-order chi connectivity index (χ0) is 16.4. The molecular weight excluding hydrogens is 296 g/mol. The van der Waals surface area contributed by atoms with Crippen LogP contribution in [0.3, 0.4) is 0 Å². The standard InChI is InChI=1S/C17H24N2O4/c1-3-22-14-9-13(17(14)6-4-7-17)19-15(20)10-18-16(21)12-5-8-23-11(12)2/h5,8,13-14H,3-4,6-7,9-10H2,1-2H3,(H,18,21)(H,19,20)/t13-,14+/m0/s1. The lowest BCUT2D eigenvalue weighted by Gasteiger charge is -2.61. The van der Waals surface area contributed by atoms with E-state index in [1.54, 1.807) is 13.0 Å². The van der Waals surface area contributed by atoms with Gasteiger partial charge in [0, 0.05) is 18.1 Å². The summed E-state index contributed by atoms with van der Waals surface area (Å²) in [7, 11) is 0. The molecule has 2 aliphatic carbocycles. The van der Waals surface area contributed by atoms with Crippen molar-refractivity contribution in [1.29, 1.82) is 0 Å². The molecular formula is C17H24N2O4. The third kappa shape index (κ3) is 2.87. The molecule has 3 rings (SSSR count). The zero-order valence-electron chi connectivity index (χ0n) is 13.7. The van der Waals surface area contributed by atoms with Gasteiger partial charge in [0.15, 0.2) is 0 Å². The van der Waals surface area contributed by atoms with E-state index >= 15 is 0 Å². The Bertz CT molecular complexity index is 591. The molecule has 126 valence electrons. The third-order valence-electron chi connectivity index (χ3n) is 5.29. The number of carbonyl (C=O) groups excluding carboxylic acids is 2. The summed E-state index contributed by atoms with van der Waals surface area (Å²) in [5.74, 6) is 0.117. The van der Waals surface area contributed by atoms with Gasteiger partial charge >= 0.3 is 0 Å². The molecule has 6 nitrogen and oxygen atoms in total. The molecule has 2 atom stereocenters. The highest BCUT2D eigenvalue weighted by molar-refractivity contribution is 5.97. The van der Waals surface area contributed by atoms with E-state index in [0.717, 1.165) is 19.3 Å². The Hall–Kier alpha value is -1.82. The van der Waals surface area contributed by atoms with Crippen LogP contribution in [0.1, 0.15) is 48.7 Å². The minimum atomic E-state index is -0.287. The molecule has 1 aromatic rings. The SMILES string of the molecule is CCO[C@@H]1C[C@H](NC(=O)CNC(=O)c2ccoc2C)C12CCC2. The number of hydrogen-bond donors (Lipinski definition) is 2. The average molecular weight is 320 g/mol. The zero-order valence-corrected chi connectivity index (χ0v) is 13.7. The van der Waals surface area contributed by atoms with E-state index in [1.165, 1.54) is 12.7 Å². The molecule has 0 radical (unpaired) electrons. The highest BCUT2D eigenvalue weighted by Crippen LogP contribution is 2.57. The van der Waals surface area contributed by atoms with E-state index in [-0.39, 0.29) is 35.9 Å². The predicted octanol–water partition coefficient (Wildman–Crippen LogP) is 1.78. The minimum absolute atomic E-state index is 0.0185. The smallest absolute Gasteiger partial charge is 0.255 e. The van der Waals surface area contributed by atoms with Crippen molar-refractivity contribution in [3.63, 3.8) is 0 Å². The second-order valence-corrected chi connectivity index (χ2v) is 6.46. The molecule has 0 saturated heterocycles. The first kappa shape index (κ1) is 16.1. The van der Waals surface area contributed by atoms with Gasteiger partial charge in [0.05, 0.1) is 24.5 Å². The molecule has 2 amide bonds. The van der Waals surface area contributed by atoms with Crippen molar-refractivity contribution in [1.82, 2.24) is 10.6 Å². The number of aryl methyl sites for hydroxylation is 1. The maximum absolute atomic E-state index is 12.1. The Morgan fingerprint density at radius 1 is 1.43 bits per heavy atom. The molecule has 6 heteroatoms. The van der Waals surface area contributed by atoms with E-state index in [0.29, 0.717) is 17.9 Å². The highest BCUT2D eigenvalue weighted by Gasteiger charge is 2.59. The molecule has 2 aliphatic rings. The second-order valence-electron chi connectivity index (χ2n) is 6.46. The largest absolute Gasteiger partial charge is 0.469 e. The molecule has 0 aromatic carbocycles. The average Bonchev–Trinajstić information content (AvgIpc) is 2.88. The lowest BCUT2D eigenvalue weighted by atomic mass is 9.51. The van der Waals surface area contributed by atoms with Gasteiger partial charge in [-0.2, -0.15) is 0 Å². The Labute approximate surface area is 135 Å². The first-order chi connectivity index (χ1) is 11.1. The lowest BCUT2D eigenvalue weighted by molar-refractivity contribution is -0.175. The van der Waals surface area contributed by atoms with Crippen molar-refractivity contribution in [2.75, 3.05) is 13.2 Å². The van der Waals surface area contributed by atoms with Crippen LogP contribution in [0.15, 0.2) is 16.7 Å². The first-order valence-electron chi connectivity index (χ1n) is 8.30. The van der Waals surface area contributed by atoms with Crippen molar-refractivity contribution in [3.8, 4) is 0 Å². The van der Waals surface area contributed by atoms with Gasteiger partial charge in [0.2, 0.25) is 5.91 Å². The highest BCUT2D eigenvalue weighted by atomic mass is 16.5. The van der Waals surface area contributed by atoms with Crippen LogP contribution in [0, 0.1) is 12.3 Å². The maximum Gasteiger partial charge on any atom is 0.255 e. The molecule has 2 N–H and O–H groups in total. The fourth-order valence-corrected chi connectivity index (χ4v) is 3.76. The molecule has 2 fully saturated rings. The van der Waals surface area contributed by atoms with Crippen molar-refractivity contribution in [3.05, 3.63) is 23.7 Å². The topological polar surface area (TPSA) is 80.6 Å². The summed E-state index contributed by atoms with van der Waals surface area (Å²) in [6, 6.07) is 1.78. The van der Waals surface area contributed by atoms with Gasteiger partial charge in [-0.05, 0) is 39.2 Å². The van der Waals surface area contributed by atoms with Crippen molar-refractivity contribution in [2.24, 2.45) is 5.41 Å². The summed E-state index contributed by atoms with van der Waals surface area (Å²) in [5.41, 5.74) is 0.602. The van der Waals surface area contributed by atoms with Gasteiger partial charge in [-0.1, -0.05) is 6.42 Å². The van der Waals surface area contributed by atoms with Crippen LogP contribution in [0.25, 0.3) is 0 Å². The third-order valence-corrected chi connectivity index (χ3v) is 5.29. The van der Waals surface area contributed by atoms with Crippen LogP contribution in [-0.2, 0) is 9.53 Å². The molecule has 0 unspecified atom stereocenters. The summed E-state index contributed by atoms with van der Waals surface area (Å²) in [6.07, 6.45) is 6.04. The number of amides is 2. The van der Waals surface area contributed by atoms with E-state index in [9.17, 15) is 9.59 Å². The fraction of sp³-hybridized carbons (Fsp3) is 0.647. The number of ether oxygens (including phenoxy) is 1. The Kier molecular flexibility index (Phi) is 4.43. The molecule has 2 saturated carbocycles. The van der Waals surface area contributed by atoms with Crippen LogP contribution in [0.2, 0.25) is 0 Å². The second kappa shape index (κ2) is 6.35. The molecule has 0 aliphatic heterocycles. The van der Waals surface area contributed by atoms with E-state index < -0.39 is 0 Å². The first-order valence-corrected chi connectivity index (χ1v) is 8.30. The van der Waals surface area contributed by atoms with Crippen LogP contribution < -0.4 is 10.6 Å². The van der Waals surface area contributed by atoms with Crippen LogP contribution >= 0.6 is 0 Å². The van der Waals surface area contributed by atoms with Gasteiger partial charge in [-0.3, -0.25) is 9.59 Å². The number of carbonyl (C=O) groups is 2. The lowest BCUT2D eigenvalue weighted by Crippen LogP contribution is -2.68. The van der Waals surface area contributed by atoms with E-state index in [1.807, 2.05) is 6.92 Å². The Balaban J connectivity index is 1.47. The van der Waals surface area contributed by atoms with Gasteiger partial charge in [-0.25, -0.2) is 0 Å². The summed E-state index contributed by atoms with van der Waals surface area (Å²) >= 11 is 0. The molecule has 23 heavy (non-hydrogen) atoms. The molecule has 1 aromatic heterocycles. The summed E-state index contributed by atoms with van der Waals surface area (Å²) < 4.78 is 10.9. The summed E-state index contributed by atoms with van der Waals surface area (Å²) in [4.78, 5) is 24.1. The van der Waals surface area contributed by atoms with Crippen molar-refractivity contribution in [2.45, 2.75) is 51.7 Å². The number of rotatable bonds is 6. The van der Waals surface area contributed by atoms with E-state index in [4.69, 9.17) is 9.15 Å².